The van der Waals surface area contributed by atoms with Crippen molar-refractivity contribution in [1.29, 1.82) is 0 Å². The number of rotatable bonds is 8. The number of amides is 3. The van der Waals surface area contributed by atoms with Gasteiger partial charge in [-0.25, -0.2) is 9.18 Å². The second kappa shape index (κ2) is 10.8. The Morgan fingerprint density at radius 1 is 1.00 bits per heavy atom. The molecule has 0 saturated carbocycles. The average Bonchev–Trinajstić information content (AvgIpc) is 2.71. The largest absolute Gasteiger partial charge is 0.465 e. The van der Waals surface area contributed by atoms with E-state index in [2.05, 4.69) is 10.6 Å². The summed E-state index contributed by atoms with van der Waals surface area (Å²) in [6.07, 6.45) is 0. The van der Waals surface area contributed by atoms with Crippen LogP contribution in [0.2, 0.25) is 0 Å². The third-order valence-electron chi connectivity index (χ3n) is 4.00. The summed E-state index contributed by atoms with van der Waals surface area (Å²) < 4.78 is 18.0. The number of aryl methyl sites for hydroxylation is 1. The van der Waals surface area contributed by atoms with Crippen molar-refractivity contribution in [1.82, 2.24) is 10.6 Å². The van der Waals surface area contributed by atoms with Gasteiger partial charge >= 0.3 is 12.0 Å². The first-order chi connectivity index (χ1) is 13.9. The predicted octanol–water partition coefficient (Wildman–Crippen LogP) is 2.64. The van der Waals surface area contributed by atoms with Gasteiger partial charge in [-0.3, -0.25) is 9.59 Å². The minimum atomic E-state index is -0.556. The van der Waals surface area contributed by atoms with E-state index in [1.165, 1.54) is 29.2 Å². The smallest absolute Gasteiger partial charge is 0.325 e. The molecule has 0 aliphatic heterocycles. The zero-order valence-electron chi connectivity index (χ0n) is 16.4. The molecule has 0 atom stereocenters. The fourth-order valence-electron chi connectivity index (χ4n) is 2.53. The third-order valence-corrected chi connectivity index (χ3v) is 4.00. The van der Waals surface area contributed by atoms with Gasteiger partial charge in [0, 0.05) is 24.3 Å². The number of ether oxygens (including phenoxy) is 1. The Balaban J connectivity index is 2.01. The molecule has 2 N–H and O–H groups in total. The van der Waals surface area contributed by atoms with Crippen LogP contribution in [0.25, 0.3) is 0 Å². The molecule has 7 nitrogen and oxygen atoms in total. The molecule has 0 saturated heterocycles. The second-order valence-corrected chi connectivity index (χ2v) is 6.21. The minimum absolute atomic E-state index is 0.129. The van der Waals surface area contributed by atoms with Crippen LogP contribution < -0.4 is 15.5 Å². The summed E-state index contributed by atoms with van der Waals surface area (Å²) in [6.45, 7) is 3.87. The summed E-state index contributed by atoms with van der Waals surface area (Å²) in [6, 6.07) is 12.1. The standard InChI is InChI=1S/C21H24FN3O4/c1-3-29-19(26)14-24-21(28)23-12-13-25(18-10-8-17(22)9-11-18)20(27)16-6-4-15(2)5-7-16/h4-11H,3,12-14H2,1-2H3,(H2,23,24,28). The molecular weight excluding hydrogens is 377 g/mol. The molecule has 2 aromatic rings. The number of carbonyl (C=O) groups is 3. The zero-order valence-corrected chi connectivity index (χ0v) is 16.4. The van der Waals surface area contributed by atoms with Crippen molar-refractivity contribution in [3.8, 4) is 0 Å². The van der Waals surface area contributed by atoms with Crippen molar-refractivity contribution >= 4 is 23.6 Å². The van der Waals surface area contributed by atoms with Crippen molar-refractivity contribution < 1.29 is 23.5 Å². The third kappa shape index (κ3) is 6.91. The van der Waals surface area contributed by atoms with E-state index in [9.17, 15) is 18.8 Å². The number of urea groups is 1. The molecule has 0 heterocycles. The van der Waals surface area contributed by atoms with Crippen LogP contribution in [0.3, 0.4) is 0 Å². The maximum absolute atomic E-state index is 13.3. The quantitative estimate of drug-likeness (QED) is 0.666. The number of anilines is 1. The van der Waals surface area contributed by atoms with Crippen LogP contribution >= 0.6 is 0 Å². The van der Waals surface area contributed by atoms with E-state index in [1.54, 1.807) is 19.1 Å². The SMILES string of the molecule is CCOC(=O)CNC(=O)NCCN(C(=O)c1ccc(C)cc1)c1ccc(F)cc1. The molecule has 0 aliphatic carbocycles. The van der Waals surface area contributed by atoms with Gasteiger partial charge in [0.1, 0.15) is 12.4 Å². The van der Waals surface area contributed by atoms with Crippen LogP contribution in [0.4, 0.5) is 14.9 Å². The molecule has 0 bridgehead atoms. The maximum Gasteiger partial charge on any atom is 0.325 e. The number of esters is 1. The normalized spacial score (nSPS) is 10.2. The Hall–Kier alpha value is -3.42. The highest BCUT2D eigenvalue weighted by Gasteiger charge is 2.18. The summed E-state index contributed by atoms with van der Waals surface area (Å²) in [4.78, 5) is 37.5. The highest BCUT2D eigenvalue weighted by atomic mass is 19.1. The van der Waals surface area contributed by atoms with Gasteiger partial charge in [0.05, 0.1) is 6.61 Å². The van der Waals surface area contributed by atoms with Gasteiger partial charge in [-0.2, -0.15) is 0 Å². The van der Waals surface area contributed by atoms with Gasteiger partial charge in [-0.05, 0) is 50.2 Å². The van der Waals surface area contributed by atoms with Gasteiger partial charge in [-0.15, -0.1) is 0 Å². The molecule has 154 valence electrons. The number of benzene rings is 2. The summed E-state index contributed by atoms with van der Waals surface area (Å²) >= 11 is 0. The van der Waals surface area contributed by atoms with E-state index in [-0.39, 0.29) is 32.1 Å². The van der Waals surface area contributed by atoms with Crippen molar-refractivity contribution in [3.05, 3.63) is 65.5 Å². The Kier molecular flexibility index (Phi) is 8.14. The first kappa shape index (κ1) is 21.9. The number of nitrogens with zero attached hydrogens (tertiary/aromatic N) is 1. The fraction of sp³-hybridized carbons (Fsp3) is 0.286. The highest BCUT2D eigenvalue weighted by Crippen LogP contribution is 2.18. The van der Waals surface area contributed by atoms with E-state index in [0.717, 1.165) is 5.56 Å². The Labute approximate surface area is 168 Å². The van der Waals surface area contributed by atoms with Gasteiger partial charge < -0.3 is 20.3 Å². The van der Waals surface area contributed by atoms with E-state index in [4.69, 9.17) is 4.74 Å². The number of carbonyl (C=O) groups excluding carboxylic acids is 3. The molecule has 2 rings (SSSR count). The van der Waals surface area contributed by atoms with Gasteiger partial charge in [0.25, 0.3) is 5.91 Å². The molecule has 0 spiro atoms. The van der Waals surface area contributed by atoms with Crippen molar-refractivity contribution in [3.63, 3.8) is 0 Å². The van der Waals surface area contributed by atoms with Gasteiger partial charge in [-0.1, -0.05) is 17.7 Å². The van der Waals surface area contributed by atoms with E-state index in [0.29, 0.717) is 11.3 Å². The number of halogens is 1. The van der Waals surface area contributed by atoms with E-state index >= 15 is 0 Å². The fourth-order valence-corrected chi connectivity index (χ4v) is 2.53. The topological polar surface area (TPSA) is 87.7 Å². The lowest BCUT2D eigenvalue weighted by atomic mass is 10.1. The molecule has 0 aliphatic rings. The highest BCUT2D eigenvalue weighted by molar-refractivity contribution is 6.06. The Morgan fingerprint density at radius 2 is 1.66 bits per heavy atom. The lowest BCUT2D eigenvalue weighted by molar-refractivity contribution is -0.141. The van der Waals surface area contributed by atoms with Crippen LogP contribution in [-0.2, 0) is 9.53 Å². The lowest BCUT2D eigenvalue weighted by Crippen LogP contribution is -2.43. The van der Waals surface area contributed by atoms with E-state index in [1.807, 2.05) is 19.1 Å². The number of hydrogen-bond acceptors (Lipinski definition) is 4. The van der Waals surface area contributed by atoms with Crippen molar-refractivity contribution in [2.75, 3.05) is 31.1 Å². The summed E-state index contributed by atoms with van der Waals surface area (Å²) in [7, 11) is 0. The molecule has 3 amide bonds. The van der Waals surface area contributed by atoms with Crippen molar-refractivity contribution in [2.24, 2.45) is 0 Å². The number of nitrogens with one attached hydrogen (secondary N) is 2. The molecular formula is C21H24FN3O4. The molecule has 0 radical (unpaired) electrons. The van der Waals surface area contributed by atoms with Crippen LogP contribution in [0.5, 0.6) is 0 Å². The van der Waals surface area contributed by atoms with Crippen LogP contribution in [0, 0.1) is 12.7 Å². The van der Waals surface area contributed by atoms with Crippen LogP contribution in [0.1, 0.15) is 22.8 Å². The molecule has 2 aromatic carbocycles. The predicted molar refractivity (Wildman–Crippen MR) is 107 cm³/mol. The molecule has 29 heavy (non-hydrogen) atoms. The molecule has 0 aromatic heterocycles. The molecule has 0 unspecified atom stereocenters. The van der Waals surface area contributed by atoms with E-state index < -0.39 is 17.8 Å². The Morgan fingerprint density at radius 3 is 2.28 bits per heavy atom. The second-order valence-electron chi connectivity index (χ2n) is 6.21. The van der Waals surface area contributed by atoms with Gasteiger partial charge in [0.2, 0.25) is 0 Å². The monoisotopic (exact) mass is 401 g/mol. The minimum Gasteiger partial charge on any atom is -0.465 e. The Bertz CT molecular complexity index is 838. The lowest BCUT2D eigenvalue weighted by Gasteiger charge is -2.23. The molecule has 8 heteroatoms. The van der Waals surface area contributed by atoms with Crippen LogP contribution in [0.15, 0.2) is 48.5 Å². The maximum atomic E-state index is 13.3. The summed E-state index contributed by atoms with van der Waals surface area (Å²) in [5, 5.41) is 4.96. The zero-order chi connectivity index (χ0) is 21.2. The van der Waals surface area contributed by atoms with Crippen LogP contribution in [-0.4, -0.2) is 44.1 Å². The van der Waals surface area contributed by atoms with Crippen molar-refractivity contribution in [2.45, 2.75) is 13.8 Å². The summed E-state index contributed by atoms with van der Waals surface area (Å²) in [5.41, 5.74) is 2.01. The first-order valence-corrected chi connectivity index (χ1v) is 9.22. The van der Waals surface area contributed by atoms with Gasteiger partial charge in [0.15, 0.2) is 0 Å². The first-order valence-electron chi connectivity index (χ1n) is 9.22. The molecule has 0 fully saturated rings. The average molecular weight is 401 g/mol. The summed E-state index contributed by atoms with van der Waals surface area (Å²) in [5.74, 6) is -1.22. The number of hydrogen-bond donors (Lipinski definition) is 2.